The van der Waals surface area contributed by atoms with E-state index in [-0.39, 0.29) is 0 Å². The molecule has 0 unspecified atom stereocenters. The number of nitrogen functional groups attached to an aromatic ring is 1. The second-order valence-electron chi connectivity index (χ2n) is 4.90. The van der Waals surface area contributed by atoms with Crippen molar-refractivity contribution in [1.82, 2.24) is 9.97 Å². The summed E-state index contributed by atoms with van der Waals surface area (Å²) in [6, 6.07) is 7.86. The van der Waals surface area contributed by atoms with Crippen LogP contribution in [-0.2, 0) is 0 Å². The van der Waals surface area contributed by atoms with Crippen LogP contribution in [0.4, 0.5) is 11.6 Å². The van der Waals surface area contributed by atoms with E-state index in [1.54, 1.807) is 0 Å². The number of hydrogen-bond acceptors (Lipinski definition) is 4. The smallest absolute Gasteiger partial charge is 0.172 e. The average molecular weight is 242 g/mol. The molecule has 1 aromatic heterocycles. The van der Waals surface area contributed by atoms with Crippen LogP contribution < -0.4 is 10.6 Å². The molecule has 0 atom stereocenters. The Kier molecular flexibility index (Phi) is 2.78. The van der Waals surface area contributed by atoms with Crippen LogP contribution in [0.3, 0.4) is 0 Å². The van der Waals surface area contributed by atoms with Gasteiger partial charge in [0.25, 0.3) is 0 Å². The van der Waals surface area contributed by atoms with Crippen LogP contribution in [0.2, 0.25) is 0 Å². The second kappa shape index (κ2) is 4.44. The summed E-state index contributed by atoms with van der Waals surface area (Å²) in [4.78, 5) is 11.4. The maximum atomic E-state index is 6.04. The minimum atomic E-state index is 0.538. The van der Waals surface area contributed by atoms with Gasteiger partial charge in [-0.1, -0.05) is 12.1 Å². The number of rotatable bonds is 4. The summed E-state index contributed by atoms with van der Waals surface area (Å²) in [6.45, 7) is 4.11. The quantitative estimate of drug-likeness (QED) is 0.894. The van der Waals surface area contributed by atoms with Crippen molar-refractivity contribution in [3.63, 3.8) is 0 Å². The predicted octanol–water partition coefficient (Wildman–Crippen LogP) is 2.45. The Balaban J connectivity index is 2.00. The number of benzene rings is 1. The van der Waals surface area contributed by atoms with Crippen molar-refractivity contribution in [2.45, 2.75) is 19.8 Å². The molecule has 4 heteroatoms. The van der Waals surface area contributed by atoms with Crippen molar-refractivity contribution < 1.29 is 0 Å². The lowest BCUT2D eigenvalue weighted by Gasteiger charge is -2.23. The van der Waals surface area contributed by atoms with Crippen LogP contribution in [0, 0.1) is 5.92 Å². The Bertz CT molecular complexity index is 563. The highest BCUT2D eigenvalue weighted by Gasteiger charge is 2.25. The van der Waals surface area contributed by atoms with Gasteiger partial charge in [0.15, 0.2) is 11.6 Å². The number of para-hydroxylation sites is 2. The first-order valence-electron chi connectivity index (χ1n) is 6.55. The van der Waals surface area contributed by atoms with Gasteiger partial charge in [0.1, 0.15) is 0 Å². The molecular formula is C14H18N4. The normalized spacial score (nSPS) is 14.9. The van der Waals surface area contributed by atoms with Gasteiger partial charge >= 0.3 is 0 Å². The fourth-order valence-electron chi connectivity index (χ4n) is 2.21. The van der Waals surface area contributed by atoms with E-state index in [1.165, 1.54) is 12.8 Å². The Morgan fingerprint density at radius 2 is 1.89 bits per heavy atom. The van der Waals surface area contributed by atoms with E-state index in [0.717, 1.165) is 35.9 Å². The molecule has 94 valence electrons. The zero-order chi connectivity index (χ0) is 12.5. The van der Waals surface area contributed by atoms with Crippen LogP contribution in [0.25, 0.3) is 11.0 Å². The van der Waals surface area contributed by atoms with Gasteiger partial charge < -0.3 is 10.6 Å². The van der Waals surface area contributed by atoms with Gasteiger partial charge in [-0.3, -0.25) is 0 Å². The number of hydrogen-bond donors (Lipinski definition) is 1. The standard InChI is InChI=1S/C14H18N4/c1-2-18(9-10-7-8-10)14-13(15)16-11-5-3-4-6-12(11)17-14/h3-6,10H,2,7-9H2,1H3,(H2,15,16). The van der Waals surface area contributed by atoms with Gasteiger partial charge in [-0.2, -0.15) is 0 Å². The van der Waals surface area contributed by atoms with Crippen molar-refractivity contribution in [2.75, 3.05) is 23.7 Å². The lowest BCUT2D eigenvalue weighted by atomic mass is 10.3. The summed E-state index contributed by atoms with van der Waals surface area (Å²) in [5.41, 5.74) is 7.82. The van der Waals surface area contributed by atoms with Gasteiger partial charge in [0, 0.05) is 13.1 Å². The highest BCUT2D eigenvalue weighted by atomic mass is 15.2. The summed E-state index contributed by atoms with van der Waals surface area (Å²) >= 11 is 0. The summed E-state index contributed by atoms with van der Waals surface area (Å²) in [6.07, 6.45) is 2.66. The molecule has 1 aliphatic rings. The van der Waals surface area contributed by atoms with E-state index in [9.17, 15) is 0 Å². The first kappa shape index (κ1) is 11.3. The molecule has 0 bridgehead atoms. The molecule has 2 aromatic rings. The van der Waals surface area contributed by atoms with E-state index in [1.807, 2.05) is 24.3 Å². The lowest BCUT2D eigenvalue weighted by Crippen LogP contribution is -2.27. The molecule has 3 rings (SSSR count). The monoisotopic (exact) mass is 242 g/mol. The van der Waals surface area contributed by atoms with Crippen LogP contribution in [0.15, 0.2) is 24.3 Å². The number of aromatic nitrogens is 2. The minimum Gasteiger partial charge on any atom is -0.381 e. The molecule has 0 spiro atoms. The van der Waals surface area contributed by atoms with Crippen LogP contribution in [0.5, 0.6) is 0 Å². The van der Waals surface area contributed by atoms with Crippen LogP contribution in [0.1, 0.15) is 19.8 Å². The lowest BCUT2D eigenvalue weighted by molar-refractivity contribution is 0.733. The van der Waals surface area contributed by atoms with E-state index < -0.39 is 0 Å². The summed E-state index contributed by atoms with van der Waals surface area (Å²) < 4.78 is 0. The van der Waals surface area contributed by atoms with Gasteiger partial charge in [-0.15, -0.1) is 0 Å². The SMILES string of the molecule is CCN(CC1CC1)c1nc2ccccc2nc1N. The van der Waals surface area contributed by atoms with Crippen molar-refractivity contribution in [2.24, 2.45) is 5.92 Å². The zero-order valence-electron chi connectivity index (χ0n) is 10.6. The Labute approximate surface area is 107 Å². The molecule has 1 saturated carbocycles. The second-order valence-corrected chi connectivity index (χ2v) is 4.90. The fourth-order valence-corrected chi connectivity index (χ4v) is 2.21. The summed E-state index contributed by atoms with van der Waals surface area (Å²) in [5, 5.41) is 0. The molecular weight excluding hydrogens is 224 g/mol. The third-order valence-electron chi connectivity index (χ3n) is 3.43. The number of fused-ring (bicyclic) bond motifs is 1. The van der Waals surface area contributed by atoms with E-state index in [0.29, 0.717) is 5.82 Å². The Hall–Kier alpha value is -1.84. The average Bonchev–Trinajstić information content (AvgIpc) is 3.19. The minimum absolute atomic E-state index is 0.538. The molecule has 1 aliphatic carbocycles. The largest absolute Gasteiger partial charge is 0.381 e. The van der Waals surface area contributed by atoms with E-state index in [2.05, 4.69) is 21.8 Å². The maximum Gasteiger partial charge on any atom is 0.172 e. The van der Waals surface area contributed by atoms with Crippen molar-refractivity contribution in [3.8, 4) is 0 Å². The molecule has 0 saturated heterocycles. The van der Waals surface area contributed by atoms with Crippen LogP contribution in [-0.4, -0.2) is 23.1 Å². The van der Waals surface area contributed by atoms with E-state index >= 15 is 0 Å². The molecule has 0 amide bonds. The molecule has 0 aliphatic heterocycles. The predicted molar refractivity (Wildman–Crippen MR) is 74.6 cm³/mol. The first-order chi connectivity index (χ1) is 8.78. The van der Waals surface area contributed by atoms with Crippen molar-refractivity contribution in [1.29, 1.82) is 0 Å². The van der Waals surface area contributed by atoms with Crippen molar-refractivity contribution >= 4 is 22.7 Å². The van der Waals surface area contributed by atoms with Crippen LogP contribution >= 0.6 is 0 Å². The first-order valence-corrected chi connectivity index (χ1v) is 6.55. The Morgan fingerprint density at radius 1 is 1.22 bits per heavy atom. The third kappa shape index (κ3) is 2.10. The van der Waals surface area contributed by atoms with Gasteiger partial charge in [-0.05, 0) is 37.8 Å². The highest BCUT2D eigenvalue weighted by molar-refractivity contribution is 5.79. The molecule has 1 fully saturated rings. The molecule has 0 radical (unpaired) electrons. The molecule has 2 N–H and O–H groups in total. The molecule has 18 heavy (non-hydrogen) atoms. The topological polar surface area (TPSA) is 55.0 Å². The number of anilines is 2. The fraction of sp³-hybridized carbons (Fsp3) is 0.429. The molecule has 1 aromatic carbocycles. The molecule has 1 heterocycles. The zero-order valence-corrected chi connectivity index (χ0v) is 10.6. The number of nitrogens with zero attached hydrogens (tertiary/aromatic N) is 3. The summed E-state index contributed by atoms with van der Waals surface area (Å²) in [7, 11) is 0. The van der Waals surface area contributed by atoms with Crippen molar-refractivity contribution in [3.05, 3.63) is 24.3 Å². The van der Waals surface area contributed by atoms with Gasteiger partial charge in [0.05, 0.1) is 11.0 Å². The molecule has 4 nitrogen and oxygen atoms in total. The summed E-state index contributed by atoms with van der Waals surface area (Å²) in [5.74, 6) is 2.19. The highest BCUT2D eigenvalue weighted by Crippen LogP contribution is 2.32. The van der Waals surface area contributed by atoms with E-state index in [4.69, 9.17) is 5.73 Å². The van der Waals surface area contributed by atoms with Gasteiger partial charge in [0.2, 0.25) is 0 Å². The van der Waals surface area contributed by atoms with Gasteiger partial charge in [-0.25, -0.2) is 9.97 Å². The maximum absolute atomic E-state index is 6.04. The number of nitrogens with two attached hydrogens (primary N) is 1. The Morgan fingerprint density at radius 3 is 2.50 bits per heavy atom. The third-order valence-corrected chi connectivity index (χ3v) is 3.43.